The van der Waals surface area contributed by atoms with Crippen molar-refractivity contribution < 1.29 is 4.74 Å². The molecule has 3 aliphatic heterocycles. The fourth-order valence-corrected chi connectivity index (χ4v) is 4.49. The maximum atomic E-state index is 6.24. The molecule has 1 spiro atoms. The first kappa shape index (κ1) is 16.4. The van der Waals surface area contributed by atoms with Gasteiger partial charge in [0.25, 0.3) is 0 Å². The minimum atomic E-state index is 0.165. The molecule has 0 saturated carbocycles. The number of nitrogens with one attached hydrogen (secondary N) is 1. The molecule has 7 nitrogen and oxygen atoms in total. The van der Waals surface area contributed by atoms with Crippen LogP contribution in [-0.4, -0.2) is 88.6 Å². The number of hydrogen-bond donors (Lipinski definition) is 1. The highest BCUT2D eigenvalue weighted by molar-refractivity contribution is 4.94. The summed E-state index contributed by atoms with van der Waals surface area (Å²) in [7, 11) is 0. The number of piperidine rings is 1. The van der Waals surface area contributed by atoms with Gasteiger partial charge >= 0.3 is 0 Å². The summed E-state index contributed by atoms with van der Waals surface area (Å²) in [6.07, 6.45) is 8.21. The van der Waals surface area contributed by atoms with E-state index in [0.29, 0.717) is 6.04 Å². The van der Waals surface area contributed by atoms with E-state index in [4.69, 9.17) is 4.74 Å². The van der Waals surface area contributed by atoms with Gasteiger partial charge in [-0.25, -0.2) is 4.98 Å². The molecular formula is C17H30N6O. The minimum absolute atomic E-state index is 0.165. The molecule has 1 atom stereocenters. The molecule has 0 aliphatic carbocycles. The van der Waals surface area contributed by atoms with Crippen LogP contribution in [-0.2, 0) is 11.3 Å². The Balaban J connectivity index is 1.24. The first-order valence-electron chi connectivity index (χ1n) is 9.47. The molecule has 3 aliphatic rings. The van der Waals surface area contributed by atoms with Crippen LogP contribution in [0, 0.1) is 0 Å². The van der Waals surface area contributed by atoms with Crippen molar-refractivity contribution in [3.8, 4) is 0 Å². The lowest BCUT2D eigenvalue weighted by atomic mass is 9.82. The molecule has 24 heavy (non-hydrogen) atoms. The molecule has 7 heteroatoms. The second kappa shape index (κ2) is 7.47. The van der Waals surface area contributed by atoms with Crippen LogP contribution in [0.2, 0.25) is 0 Å². The first-order valence-corrected chi connectivity index (χ1v) is 9.47. The summed E-state index contributed by atoms with van der Waals surface area (Å²) >= 11 is 0. The van der Waals surface area contributed by atoms with E-state index in [1.165, 1.54) is 51.9 Å². The van der Waals surface area contributed by atoms with E-state index in [2.05, 4.69) is 25.2 Å². The van der Waals surface area contributed by atoms with Gasteiger partial charge in [-0.15, -0.1) is 0 Å². The van der Waals surface area contributed by atoms with E-state index in [0.717, 1.165) is 32.8 Å². The summed E-state index contributed by atoms with van der Waals surface area (Å²) in [4.78, 5) is 9.28. The van der Waals surface area contributed by atoms with Gasteiger partial charge in [-0.2, -0.15) is 5.10 Å². The minimum Gasteiger partial charge on any atom is -0.375 e. The number of aromatic nitrogens is 3. The Bertz CT molecular complexity index is 488. The largest absolute Gasteiger partial charge is 0.375 e. The molecule has 3 fully saturated rings. The second-order valence-electron chi connectivity index (χ2n) is 7.46. The molecule has 1 N–H and O–H groups in total. The summed E-state index contributed by atoms with van der Waals surface area (Å²) in [6.45, 7) is 9.89. The van der Waals surface area contributed by atoms with Crippen LogP contribution in [0.5, 0.6) is 0 Å². The zero-order chi connectivity index (χ0) is 16.2. The Hall–Kier alpha value is -1.02. The van der Waals surface area contributed by atoms with Gasteiger partial charge in [-0.1, -0.05) is 0 Å². The average Bonchev–Trinajstić information content (AvgIpc) is 3.15. The zero-order valence-electron chi connectivity index (χ0n) is 14.6. The molecule has 0 amide bonds. The number of hydrogen-bond acceptors (Lipinski definition) is 6. The Labute approximate surface area is 144 Å². The molecular weight excluding hydrogens is 304 g/mol. The van der Waals surface area contributed by atoms with Gasteiger partial charge in [0, 0.05) is 45.4 Å². The Morgan fingerprint density at radius 2 is 1.96 bits per heavy atom. The van der Waals surface area contributed by atoms with Crippen LogP contribution in [0.3, 0.4) is 0 Å². The maximum absolute atomic E-state index is 6.24. The zero-order valence-corrected chi connectivity index (χ0v) is 14.6. The predicted molar refractivity (Wildman–Crippen MR) is 91.8 cm³/mol. The van der Waals surface area contributed by atoms with Crippen molar-refractivity contribution in [2.75, 3.05) is 52.4 Å². The van der Waals surface area contributed by atoms with Gasteiger partial charge in [0.1, 0.15) is 12.7 Å². The van der Waals surface area contributed by atoms with E-state index in [-0.39, 0.29) is 5.60 Å². The highest BCUT2D eigenvalue weighted by atomic mass is 16.5. The third-order valence-corrected chi connectivity index (χ3v) is 6.02. The van der Waals surface area contributed by atoms with E-state index < -0.39 is 0 Å². The van der Waals surface area contributed by atoms with E-state index in [1.54, 1.807) is 12.7 Å². The lowest BCUT2D eigenvalue weighted by molar-refractivity contribution is -0.123. The molecule has 0 aromatic carbocycles. The smallest absolute Gasteiger partial charge is 0.137 e. The third-order valence-electron chi connectivity index (χ3n) is 6.02. The predicted octanol–water partition coefficient (Wildman–Crippen LogP) is 0.197. The van der Waals surface area contributed by atoms with Crippen molar-refractivity contribution in [3.05, 3.63) is 12.7 Å². The topological polar surface area (TPSA) is 58.5 Å². The number of ether oxygens (including phenoxy) is 1. The summed E-state index contributed by atoms with van der Waals surface area (Å²) in [5.74, 6) is 0. The van der Waals surface area contributed by atoms with Crippen LogP contribution >= 0.6 is 0 Å². The normalized spacial score (nSPS) is 29.1. The molecule has 3 saturated heterocycles. The fourth-order valence-electron chi connectivity index (χ4n) is 4.49. The van der Waals surface area contributed by atoms with E-state index >= 15 is 0 Å². The quantitative estimate of drug-likeness (QED) is 0.849. The lowest BCUT2D eigenvalue weighted by Crippen LogP contribution is -2.56. The SMILES string of the molecule is c1ncn(CCN2CCN(C3CCOC4(CCNCC4)C3)CC2)n1. The van der Waals surface area contributed by atoms with Crippen LogP contribution < -0.4 is 5.32 Å². The van der Waals surface area contributed by atoms with Crippen molar-refractivity contribution in [3.63, 3.8) is 0 Å². The fraction of sp³-hybridized carbons (Fsp3) is 0.882. The number of nitrogens with zero attached hydrogens (tertiary/aromatic N) is 5. The van der Waals surface area contributed by atoms with Crippen LogP contribution in [0.25, 0.3) is 0 Å². The summed E-state index contributed by atoms with van der Waals surface area (Å²) < 4.78 is 8.16. The van der Waals surface area contributed by atoms with Crippen molar-refractivity contribution in [2.24, 2.45) is 0 Å². The lowest BCUT2D eigenvalue weighted by Gasteiger charge is -2.48. The molecule has 4 heterocycles. The Kier molecular flexibility index (Phi) is 5.12. The highest BCUT2D eigenvalue weighted by Gasteiger charge is 2.40. The Morgan fingerprint density at radius 1 is 1.12 bits per heavy atom. The van der Waals surface area contributed by atoms with Gasteiger partial charge < -0.3 is 10.1 Å². The summed E-state index contributed by atoms with van der Waals surface area (Å²) in [6, 6.07) is 0.717. The van der Waals surface area contributed by atoms with Crippen molar-refractivity contribution >= 4 is 0 Å². The summed E-state index contributed by atoms with van der Waals surface area (Å²) in [5.41, 5.74) is 0.165. The van der Waals surface area contributed by atoms with Crippen molar-refractivity contribution in [2.45, 2.75) is 43.9 Å². The summed E-state index contributed by atoms with van der Waals surface area (Å²) in [5, 5.41) is 7.66. The highest BCUT2D eigenvalue weighted by Crippen LogP contribution is 2.35. The van der Waals surface area contributed by atoms with Gasteiger partial charge in [-0.3, -0.25) is 14.5 Å². The monoisotopic (exact) mass is 334 g/mol. The van der Waals surface area contributed by atoms with Crippen LogP contribution in [0.1, 0.15) is 25.7 Å². The van der Waals surface area contributed by atoms with Crippen LogP contribution in [0.15, 0.2) is 12.7 Å². The van der Waals surface area contributed by atoms with Gasteiger partial charge in [0.15, 0.2) is 0 Å². The molecule has 1 aromatic heterocycles. The Morgan fingerprint density at radius 3 is 2.71 bits per heavy atom. The third kappa shape index (κ3) is 3.79. The molecule has 134 valence electrons. The first-order chi connectivity index (χ1) is 11.8. The molecule has 1 aromatic rings. The van der Waals surface area contributed by atoms with Gasteiger partial charge in [0.2, 0.25) is 0 Å². The molecule has 1 unspecified atom stereocenters. The molecule has 0 radical (unpaired) electrons. The number of rotatable bonds is 4. The standard InChI is InChI=1S/C17H30N6O/c1-12-24-17(2-4-18-5-3-17)13-16(1)22-9-6-21(7-10-22)8-11-23-15-19-14-20-23/h14-16,18H,1-13H2. The maximum Gasteiger partial charge on any atom is 0.137 e. The van der Waals surface area contributed by atoms with Crippen molar-refractivity contribution in [1.29, 1.82) is 0 Å². The average molecular weight is 334 g/mol. The van der Waals surface area contributed by atoms with Gasteiger partial charge in [-0.05, 0) is 38.8 Å². The number of piperazine rings is 1. The van der Waals surface area contributed by atoms with Crippen molar-refractivity contribution in [1.82, 2.24) is 29.9 Å². The molecule has 0 bridgehead atoms. The van der Waals surface area contributed by atoms with E-state index in [9.17, 15) is 0 Å². The molecule has 4 rings (SSSR count). The van der Waals surface area contributed by atoms with Crippen LogP contribution in [0.4, 0.5) is 0 Å². The van der Waals surface area contributed by atoms with Gasteiger partial charge in [0.05, 0.1) is 12.1 Å². The second-order valence-corrected chi connectivity index (χ2v) is 7.46. The van der Waals surface area contributed by atoms with E-state index in [1.807, 2.05) is 4.68 Å².